The number of benzene rings is 1. The molecule has 0 saturated heterocycles. The van der Waals surface area contributed by atoms with Gasteiger partial charge in [0.25, 0.3) is 5.60 Å². The summed E-state index contributed by atoms with van der Waals surface area (Å²) in [6, 6.07) is 1.95. The van der Waals surface area contributed by atoms with E-state index in [1.807, 2.05) is 0 Å². The number of anilines is 1. The van der Waals surface area contributed by atoms with Crippen molar-refractivity contribution in [2.24, 2.45) is 23.7 Å². The number of aliphatic hydroxyl groups is 1. The van der Waals surface area contributed by atoms with Gasteiger partial charge in [-0.25, -0.2) is 0 Å². The van der Waals surface area contributed by atoms with Gasteiger partial charge in [-0.05, 0) is 67.9 Å². The molecule has 0 aliphatic heterocycles. The van der Waals surface area contributed by atoms with Crippen molar-refractivity contribution in [2.45, 2.75) is 56.1 Å². The average molecular weight is 409 g/mol. The minimum Gasteiger partial charge on any atom is -0.506 e. The number of phenolic OH excluding ortho intramolecular Hbond substituents is 1. The third-order valence-electron chi connectivity index (χ3n) is 6.78. The minimum absolute atomic E-state index is 0.0497. The summed E-state index contributed by atoms with van der Waals surface area (Å²) in [7, 11) is 0. The van der Waals surface area contributed by atoms with Crippen molar-refractivity contribution in [2.75, 3.05) is 5.32 Å². The highest BCUT2D eigenvalue weighted by molar-refractivity contribution is 5.59. The van der Waals surface area contributed by atoms with Gasteiger partial charge in [0.15, 0.2) is 0 Å². The first-order valence-corrected chi connectivity index (χ1v) is 9.36. The van der Waals surface area contributed by atoms with E-state index in [1.54, 1.807) is 0 Å². The number of nitrogens with one attached hydrogen (secondary N) is 1. The Kier molecular flexibility index (Phi) is 4.34. The molecule has 28 heavy (non-hydrogen) atoms. The largest absolute Gasteiger partial charge is 0.506 e. The molecule has 0 radical (unpaired) electrons. The van der Waals surface area contributed by atoms with Crippen molar-refractivity contribution in [3.8, 4) is 5.75 Å². The summed E-state index contributed by atoms with van der Waals surface area (Å²) in [5.74, 6) is 1.46. The average Bonchev–Trinajstić information content (AvgIpc) is 2.56. The molecular formula is C19H21F6NO2. The molecule has 1 aromatic carbocycles. The first-order valence-electron chi connectivity index (χ1n) is 9.36. The topological polar surface area (TPSA) is 52.5 Å². The van der Waals surface area contributed by atoms with Crippen LogP contribution in [-0.2, 0) is 5.60 Å². The molecule has 4 aliphatic carbocycles. The molecule has 4 saturated carbocycles. The molecule has 4 bridgehead atoms. The lowest BCUT2D eigenvalue weighted by atomic mass is 9.54. The second-order valence-electron chi connectivity index (χ2n) is 8.54. The van der Waals surface area contributed by atoms with Gasteiger partial charge in [0.2, 0.25) is 0 Å². The number of aromatic hydroxyl groups is 1. The van der Waals surface area contributed by atoms with Gasteiger partial charge in [-0.2, -0.15) is 26.3 Å². The lowest BCUT2D eigenvalue weighted by molar-refractivity contribution is -0.376. The molecule has 4 aliphatic rings. The Hall–Kier alpha value is -1.64. The Bertz CT molecular complexity index is 718. The van der Waals surface area contributed by atoms with E-state index >= 15 is 0 Å². The van der Waals surface area contributed by atoms with Gasteiger partial charge in [-0.3, -0.25) is 0 Å². The van der Waals surface area contributed by atoms with Crippen LogP contribution in [-0.4, -0.2) is 28.6 Å². The highest BCUT2D eigenvalue weighted by Gasteiger charge is 2.71. The second kappa shape index (κ2) is 6.18. The fourth-order valence-corrected chi connectivity index (χ4v) is 5.71. The van der Waals surface area contributed by atoms with Crippen LogP contribution in [0.25, 0.3) is 0 Å². The van der Waals surface area contributed by atoms with Crippen LogP contribution in [0.5, 0.6) is 5.75 Å². The SMILES string of the molecule is Oc1cc(C(O)(C(F)(F)F)C(F)(F)F)ccc1NC1C2CC3CC(C2)CC1C3. The van der Waals surface area contributed by atoms with E-state index in [9.17, 15) is 36.6 Å². The molecule has 0 unspecified atom stereocenters. The van der Waals surface area contributed by atoms with E-state index in [0.29, 0.717) is 35.8 Å². The Morgan fingerprint density at radius 2 is 1.32 bits per heavy atom. The van der Waals surface area contributed by atoms with Gasteiger partial charge in [0, 0.05) is 11.6 Å². The summed E-state index contributed by atoms with van der Waals surface area (Å²) < 4.78 is 78.1. The lowest BCUT2D eigenvalue weighted by Gasteiger charge is -2.54. The highest BCUT2D eigenvalue weighted by Crippen LogP contribution is 2.55. The van der Waals surface area contributed by atoms with Gasteiger partial charge in [0.05, 0.1) is 5.69 Å². The summed E-state index contributed by atoms with van der Waals surface area (Å²) in [5.41, 5.74) is -6.41. The van der Waals surface area contributed by atoms with Gasteiger partial charge in [-0.15, -0.1) is 0 Å². The van der Waals surface area contributed by atoms with E-state index in [-0.39, 0.29) is 11.7 Å². The lowest BCUT2D eigenvalue weighted by Crippen LogP contribution is -2.54. The molecule has 0 spiro atoms. The third kappa shape index (κ3) is 2.93. The Morgan fingerprint density at radius 1 is 0.821 bits per heavy atom. The van der Waals surface area contributed by atoms with Crippen molar-refractivity contribution in [1.82, 2.24) is 0 Å². The maximum absolute atomic E-state index is 13.0. The van der Waals surface area contributed by atoms with E-state index in [1.165, 1.54) is 6.42 Å². The van der Waals surface area contributed by atoms with Crippen LogP contribution >= 0.6 is 0 Å². The zero-order valence-electron chi connectivity index (χ0n) is 14.8. The van der Waals surface area contributed by atoms with Crippen LogP contribution in [0.15, 0.2) is 18.2 Å². The Morgan fingerprint density at radius 3 is 1.75 bits per heavy atom. The van der Waals surface area contributed by atoms with Crippen LogP contribution < -0.4 is 5.32 Å². The predicted octanol–water partition coefficient (Wildman–Crippen LogP) is 4.94. The molecule has 4 fully saturated rings. The number of hydrogen-bond acceptors (Lipinski definition) is 3. The molecule has 0 amide bonds. The number of halogens is 6. The zero-order chi connectivity index (χ0) is 20.5. The predicted molar refractivity (Wildman–Crippen MR) is 88.6 cm³/mol. The second-order valence-corrected chi connectivity index (χ2v) is 8.54. The summed E-state index contributed by atoms with van der Waals surface area (Å²) in [6.45, 7) is 0. The first-order chi connectivity index (χ1) is 12.9. The highest BCUT2D eigenvalue weighted by atomic mass is 19.4. The van der Waals surface area contributed by atoms with Crippen molar-refractivity contribution in [3.05, 3.63) is 23.8 Å². The van der Waals surface area contributed by atoms with Crippen molar-refractivity contribution < 1.29 is 36.6 Å². The molecule has 0 aromatic heterocycles. The van der Waals surface area contributed by atoms with Crippen LogP contribution in [0.4, 0.5) is 32.0 Å². The smallest absolute Gasteiger partial charge is 0.430 e. The van der Waals surface area contributed by atoms with Crippen molar-refractivity contribution >= 4 is 5.69 Å². The third-order valence-corrected chi connectivity index (χ3v) is 6.78. The number of hydrogen-bond donors (Lipinski definition) is 3. The maximum Gasteiger partial charge on any atom is 0.430 e. The maximum atomic E-state index is 13.0. The molecule has 1 aromatic rings. The van der Waals surface area contributed by atoms with Crippen molar-refractivity contribution in [1.29, 1.82) is 0 Å². The Balaban J connectivity index is 1.60. The van der Waals surface area contributed by atoms with Crippen LogP contribution in [0.2, 0.25) is 0 Å². The monoisotopic (exact) mass is 409 g/mol. The van der Waals surface area contributed by atoms with Gasteiger partial charge in [0.1, 0.15) is 5.75 Å². The van der Waals surface area contributed by atoms with Crippen LogP contribution in [0.3, 0.4) is 0 Å². The van der Waals surface area contributed by atoms with E-state index < -0.39 is 29.3 Å². The first kappa shape index (κ1) is 19.7. The van der Waals surface area contributed by atoms with Crippen LogP contribution in [0.1, 0.15) is 37.7 Å². The van der Waals surface area contributed by atoms with Gasteiger partial charge >= 0.3 is 12.4 Å². The molecule has 3 nitrogen and oxygen atoms in total. The number of phenols is 1. The number of rotatable bonds is 3. The summed E-state index contributed by atoms with van der Waals surface area (Å²) in [6.07, 6.45) is -6.47. The summed E-state index contributed by atoms with van der Waals surface area (Å²) in [4.78, 5) is 0. The quantitative estimate of drug-likeness (QED) is 0.490. The summed E-state index contributed by atoms with van der Waals surface area (Å²) >= 11 is 0. The molecule has 156 valence electrons. The molecule has 9 heteroatoms. The van der Waals surface area contributed by atoms with E-state index in [2.05, 4.69) is 5.32 Å². The fourth-order valence-electron chi connectivity index (χ4n) is 5.71. The summed E-state index contributed by atoms with van der Waals surface area (Å²) in [5, 5.41) is 22.8. The van der Waals surface area contributed by atoms with Crippen LogP contribution in [0, 0.1) is 23.7 Å². The normalized spacial score (nSPS) is 32.6. The molecule has 0 atom stereocenters. The Labute approximate surface area is 157 Å². The molecule has 3 N–H and O–H groups in total. The van der Waals surface area contributed by atoms with Gasteiger partial charge < -0.3 is 15.5 Å². The number of alkyl halides is 6. The molecular weight excluding hydrogens is 388 g/mol. The fraction of sp³-hybridized carbons (Fsp3) is 0.684. The zero-order valence-corrected chi connectivity index (χ0v) is 14.8. The van der Waals surface area contributed by atoms with E-state index in [0.717, 1.165) is 31.7 Å². The van der Waals surface area contributed by atoms with E-state index in [4.69, 9.17) is 0 Å². The molecule has 0 heterocycles. The van der Waals surface area contributed by atoms with Crippen molar-refractivity contribution in [3.63, 3.8) is 0 Å². The minimum atomic E-state index is -5.98. The molecule has 5 rings (SSSR count). The standard InChI is InChI=1S/C19H21F6NO2/c20-18(21,22)17(28,19(23,24)25)13-1-2-14(15(27)8-13)26-16-11-4-9-3-10(6-11)7-12(16)5-9/h1-2,8-12,16,26-28H,3-7H2. The van der Waals surface area contributed by atoms with Gasteiger partial charge in [-0.1, -0.05) is 6.07 Å².